The highest BCUT2D eigenvalue weighted by molar-refractivity contribution is 7.20. The zero-order valence-electron chi connectivity index (χ0n) is 13.5. The van der Waals surface area contributed by atoms with Crippen LogP contribution in [0.3, 0.4) is 0 Å². The second kappa shape index (κ2) is 6.96. The summed E-state index contributed by atoms with van der Waals surface area (Å²) in [6, 6.07) is 1.56. The first-order valence-electron chi connectivity index (χ1n) is 7.48. The molecule has 0 saturated heterocycles. The van der Waals surface area contributed by atoms with E-state index >= 15 is 0 Å². The van der Waals surface area contributed by atoms with Crippen LogP contribution in [0.25, 0.3) is 0 Å². The molecule has 0 bridgehead atoms. The lowest BCUT2D eigenvalue weighted by atomic mass is 9.72. The minimum absolute atomic E-state index is 0.0391. The molecule has 0 aliphatic carbocycles. The van der Waals surface area contributed by atoms with Crippen molar-refractivity contribution in [3.63, 3.8) is 0 Å². The molecule has 0 spiro atoms. The summed E-state index contributed by atoms with van der Waals surface area (Å²) in [6.45, 7) is 8.07. The average Bonchev–Trinajstić information content (AvgIpc) is 2.79. The van der Waals surface area contributed by atoms with Gasteiger partial charge < -0.3 is 10.3 Å². The van der Waals surface area contributed by atoms with Crippen LogP contribution in [0.2, 0.25) is 6.32 Å². The fourth-order valence-electron chi connectivity index (χ4n) is 2.51. The molecule has 0 aliphatic rings. The molecule has 2 N–H and O–H groups in total. The molecule has 2 aromatic heterocycles. The van der Waals surface area contributed by atoms with Gasteiger partial charge in [-0.25, -0.2) is 0 Å². The molecule has 0 radical (unpaired) electrons. The van der Waals surface area contributed by atoms with Crippen LogP contribution in [-0.4, -0.2) is 18.2 Å². The van der Waals surface area contributed by atoms with E-state index in [0.717, 1.165) is 36.1 Å². The number of carbonyl (C=O) groups excluding carboxylic acids is 1. The maximum Gasteiger partial charge on any atom is 0.252 e. The van der Waals surface area contributed by atoms with Gasteiger partial charge >= 0.3 is 0 Å². The summed E-state index contributed by atoms with van der Waals surface area (Å²) >= 11 is 1.63. The van der Waals surface area contributed by atoms with Crippen LogP contribution in [0.15, 0.2) is 16.2 Å². The largest absolute Gasteiger partial charge is 0.362 e. The van der Waals surface area contributed by atoms with Gasteiger partial charge in [0.05, 0.1) is 5.56 Å². The number of carbonyl (C=O) groups is 1. The highest BCUT2D eigenvalue weighted by Gasteiger charge is 2.15. The Hall–Kier alpha value is -1.82. The van der Waals surface area contributed by atoms with Gasteiger partial charge in [0.1, 0.15) is 0 Å². The number of pyridine rings is 1. The van der Waals surface area contributed by atoms with E-state index in [1.165, 1.54) is 4.78 Å². The Morgan fingerprint density at radius 3 is 2.73 bits per heavy atom. The molecule has 6 heteroatoms. The Morgan fingerprint density at radius 1 is 1.36 bits per heavy atom. The van der Waals surface area contributed by atoms with E-state index in [0.29, 0.717) is 5.56 Å². The summed E-state index contributed by atoms with van der Waals surface area (Å²) < 4.78 is 1.26. The molecule has 1 amide bonds. The van der Waals surface area contributed by atoms with E-state index in [-0.39, 0.29) is 17.9 Å². The van der Waals surface area contributed by atoms with Gasteiger partial charge in [-0.3, -0.25) is 9.59 Å². The Morgan fingerprint density at radius 2 is 2.09 bits per heavy atom. The highest BCUT2D eigenvalue weighted by atomic mass is 32.1. The third-order valence-electron chi connectivity index (χ3n) is 3.77. The standard InChI is InChI=1S/C16H21BN2O2S/c1-5-17-15-10(3)13(8-22-15)16(21)18-7-12-11(4)19-9(2)6-14(12)20/h6,8,17H,5,7H2,1-4H3,(H,18,21)(H,19,20). The van der Waals surface area contributed by atoms with Gasteiger partial charge in [0.2, 0.25) is 0 Å². The number of aromatic nitrogens is 1. The molecule has 0 fully saturated rings. The zero-order valence-corrected chi connectivity index (χ0v) is 14.3. The number of nitrogens with one attached hydrogen (secondary N) is 2. The number of aromatic amines is 1. The lowest BCUT2D eigenvalue weighted by molar-refractivity contribution is 0.0950. The predicted molar refractivity (Wildman–Crippen MR) is 94.0 cm³/mol. The minimum Gasteiger partial charge on any atom is -0.362 e. The Bertz CT molecular complexity index is 749. The van der Waals surface area contributed by atoms with Crippen LogP contribution in [0.4, 0.5) is 0 Å². The van der Waals surface area contributed by atoms with Crippen LogP contribution in [0.1, 0.15) is 39.8 Å². The average molecular weight is 316 g/mol. The molecule has 22 heavy (non-hydrogen) atoms. The van der Waals surface area contributed by atoms with Gasteiger partial charge in [-0.2, -0.15) is 11.3 Å². The lowest BCUT2D eigenvalue weighted by Gasteiger charge is -2.08. The molecule has 0 atom stereocenters. The van der Waals surface area contributed by atoms with Crippen molar-refractivity contribution < 1.29 is 4.79 Å². The molecule has 2 aromatic rings. The minimum atomic E-state index is -0.115. The summed E-state index contributed by atoms with van der Waals surface area (Å²) in [5.41, 5.74) is 3.98. The second-order valence-corrected chi connectivity index (χ2v) is 6.51. The second-order valence-electron chi connectivity index (χ2n) is 5.55. The number of rotatable bonds is 5. The smallest absolute Gasteiger partial charge is 0.252 e. The van der Waals surface area contributed by atoms with Crippen molar-refractivity contribution in [3.8, 4) is 0 Å². The van der Waals surface area contributed by atoms with E-state index in [4.69, 9.17) is 0 Å². The fraction of sp³-hybridized carbons (Fsp3) is 0.375. The summed E-state index contributed by atoms with van der Waals surface area (Å²) in [7, 11) is 1.00. The molecule has 0 aliphatic heterocycles. The Labute approximate surface area is 135 Å². The van der Waals surface area contributed by atoms with E-state index in [1.807, 2.05) is 26.2 Å². The third-order valence-corrected chi connectivity index (χ3v) is 4.92. The predicted octanol–water partition coefficient (Wildman–Crippen LogP) is 1.79. The highest BCUT2D eigenvalue weighted by Crippen LogP contribution is 2.12. The Kier molecular flexibility index (Phi) is 5.24. The first-order chi connectivity index (χ1) is 10.4. The van der Waals surface area contributed by atoms with Gasteiger partial charge in [0, 0.05) is 34.9 Å². The molecular formula is C16H21BN2O2S. The number of thiophene rings is 1. The van der Waals surface area contributed by atoms with Crippen molar-refractivity contribution in [2.24, 2.45) is 0 Å². The van der Waals surface area contributed by atoms with Crippen LogP contribution < -0.4 is 15.5 Å². The van der Waals surface area contributed by atoms with E-state index in [2.05, 4.69) is 17.2 Å². The number of aryl methyl sites for hydroxylation is 2. The number of amides is 1. The topological polar surface area (TPSA) is 62.0 Å². The van der Waals surface area contributed by atoms with Gasteiger partial charge in [-0.1, -0.05) is 13.2 Å². The summed E-state index contributed by atoms with van der Waals surface area (Å²) in [6.07, 6.45) is 1.07. The normalized spacial score (nSPS) is 10.5. The van der Waals surface area contributed by atoms with Crippen LogP contribution >= 0.6 is 11.3 Å². The lowest BCUT2D eigenvalue weighted by Crippen LogP contribution is -2.28. The molecule has 0 saturated carbocycles. The van der Waals surface area contributed by atoms with Gasteiger partial charge in [-0.05, 0) is 31.1 Å². The molecular weight excluding hydrogens is 295 g/mol. The first-order valence-corrected chi connectivity index (χ1v) is 8.36. The van der Waals surface area contributed by atoms with Crippen molar-refractivity contribution in [1.82, 2.24) is 10.3 Å². The van der Waals surface area contributed by atoms with Crippen molar-refractivity contribution in [2.75, 3.05) is 0 Å². The fourth-order valence-corrected chi connectivity index (χ4v) is 3.67. The number of H-pyrrole nitrogens is 1. The van der Waals surface area contributed by atoms with Gasteiger partial charge in [0.25, 0.3) is 5.91 Å². The van der Waals surface area contributed by atoms with Crippen molar-refractivity contribution in [1.29, 1.82) is 0 Å². The van der Waals surface area contributed by atoms with E-state index < -0.39 is 0 Å². The van der Waals surface area contributed by atoms with Crippen LogP contribution in [0, 0.1) is 20.8 Å². The summed E-state index contributed by atoms with van der Waals surface area (Å²) in [5.74, 6) is -0.115. The number of hydrogen-bond acceptors (Lipinski definition) is 3. The monoisotopic (exact) mass is 316 g/mol. The zero-order chi connectivity index (χ0) is 16.3. The Balaban J connectivity index is 2.12. The quantitative estimate of drug-likeness (QED) is 0.826. The van der Waals surface area contributed by atoms with E-state index in [1.54, 1.807) is 17.4 Å². The van der Waals surface area contributed by atoms with Crippen LogP contribution in [-0.2, 0) is 6.54 Å². The molecule has 0 aromatic carbocycles. The SMILES string of the molecule is CCBc1scc(C(=O)NCc2c(C)[nH]c(C)cc2=O)c1C. The molecule has 0 unspecified atom stereocenters. The van der Waals surface area contributed by atoms with Crippen molar-refractivity contribution >= 4 is 29.3 Å². The van der Waals surface area contributed by atoms with Gasteiger partial charge in [0.15, 0.2) is 12.7 Å². The molecule has 116 valence electrons. The molecule has 2 rings (SSSR count). The molecule has 2 heterocycles. The molecule has 4 nitrogen and oxygen atoms in total. The number of hydrogen-bond donors (Lipinski definition) is 2. The van der Waals surface area contributed by atoms with E-state index in [9.17, 15) is 9.59 Å². The van der Waals surface area contributed by atoms with Crippen LogP contribution in [0.5, 0.6) is 0 Å². The first kappa shape index (κ1) is 16.6. The summed E-state index contributed by atoms with van der Waals surface area (Å²) in [4.78, 5) is 27.5. The van der Waals surface area contributed by atoms with Crippen molar-refractivity contribution in [2.45, 2.75) is 40.6 Å². The third kappa shape index (κ3) is 3.50. The van der Waals surface area contributed by atoms with Crippen molar-refractivity contribution in [3.05, 3.63) is 49.7 Å². The maximum atomic E-state index is 12.3. The maximum absolute atomic E-state index is 12.3. The summed E-state index contributed by atoms with van der Waals surface area (Å²) in [5, 5.41) is 4.77. The van der Waals surface area contributed by atoms with Gasteiger partial charge in [-0.15, -0.1) is 0 Å².